The van der Waals surface area contributed by atoms with Crippen LogP contribution in [0.25, 0.3) is 16.6 Å². The summed E-state index contributed by atoms with van der Waals surface area (Å²) in [5, 5.41) is 15.2. The van der Waals surface area contributed by atoms with Gasteiger partial charge in [0.25, 0.3) is 5.91 Å². The molecule has 1 aromatic carbocycles. The molecule has 0 aliphatic carbocycles. The molecule has 0 saturated carbocycles. The molecule has 1 aliphatic heterocycles. The third-order valence-corrected chi connectivity index (χ3v) is 4.82. The molecular weight excluding hydrogens is 336 g/mol. The van der Waals surface area contributed by atoms with Crippen LogP contribution in [0.2, 0.25) is 0 Å². The number of ether oxygens (including phenoxy) is 1. The Morgan fingerprint density at radius 1 is 1.46 bits per heavy atom. The van der Waals surface area contributed by atoms with E-state index >= 15 is 0 Å². The van der Waals surface area contributed by atoms with Gasteiger partial charge in [0.05, 0.1) is 11.6 Å². The number of tetrazole rings is 1. The number of rotatable bonds is 5. The fraction of sp³-hybridized carbons (Fsp3) is 0.353. The molecule has 1 fully saturated rings. The van der Waals surface area contributed by atoms with Crippen molar-refractivity contribution in [1.29, 1.82) is 0 Å². The average molecular weight is 354 g/mol. The van der Waals surface area contributed by atoms with E-state index in [1.54, 1.807) is 6.07 Å². The number of carbonyl (C=O) groups is 2. The highest BCUT2D eigenvalue weighted by Crippen LogP contribution is 2.29. The number of fused-ring (bicyclic) bond motifs is 3. The number of aromatic nitrogens is 4. The third kappa shape index (κ3) is 2.61. The number of nitrogens with one attached hydrogen (secondary N) is 1. The lowest BCUT2D eigenvalue weighted by Crippen LogP contribution is -2.34. The molecule has 9 nitrogen and oxygen atoms in total. The summed E-state index contributed by atoms with van der Waals surface area (Å²) in [6.45, 7) is 2.41. The van der Waals surface area contributed by atoms with E-state index < -0.39 is 5.91 Å². The van der Waals surface area contributed by atoms with Crippen LogP contribution < -0.4 is 15.8 Å². The van der Waals surface area contributed by atoms with E-state index in [9.17, 15) is 9.59 Å². The maximum atomic E-state index is 11.7. The molecule has 26 heavy (non-hydrogen) atoms. The lowest BCUT2D eigenvalue weighted by atomic mass is 9.98. The molecule has 134 valence electrons. The Kier molecular flexibility index (Phi) is 3.90. The first-order valence-electron chi connectivity index (χ1n) is 8.44. The molecule has 0 bridgehead atoms. The minimum Gasteiger partial charge on any atom is -0.489 e. The van der Waals surface area contributed by atoms with Gasteiger partial charge in [-0.1, -0.05) is 25.5 Å². The lowest BCUT2D eigenvalue weighted by molar-refractivity contribution is -0.119. The molecule has 2 amide bonds. The summed E-state index contributed by atoms with van der Waals surface area (Å²) in [5.41, 5.74) is 6.61. The van der Waals surface area contributed by atoms with E-state index in [1.807, 2.05) is 18.2 Å². The standard InChI is InChI=1S/C17H18N6O3/c1-2-9-7-14(24)19-12(9)8-26-13-5-3-4-10-6-11(16(18)25)17-20-21-22-23(17)15(10)13/h3-6,9,12H,2,7-8H2,1H3,(H2,18,25)(H,19,24). The highest BCUT2D eigenvalue weighted by atomic mass is 16.5. The lowest BCUT2D eigenvalue weighted by Gasteiger charge is -2.18. The van der Waals surface area contributed by atoms with Gasteiger partial charge in [-0.3, -0.25) is 9.59 Å². The number of nitrogens with two attached hydrogens (primary N) is 1. The highest BCUT2D eigenvalue weighted by Gasteiger charge is 2.31. The Balaban J connectivity index is 1.73. The van der Waals surface area contributed by atoms with Gasteiger partial charge < -0.3 is 15.8 Å². The molecule has 1 aliphatic rings. The molecule has 4 rings (SSSR count). The number of nitrogens with zero attached hydrogens (tertiary/aromatic N) is 4. The zero-order valence-corrected chi connectivity index (χ0v) is 14.2. The molecule has 3 heterocycles. The van der Waals surface area contributed by atoms with Crippen LogP contribution in [-0.4, -0.2) is 44.5 Å². The van der Waals surface area contributed by atoms with Gasteiger partial charge in [-0.15, -0.1) is 5.10 Å². The molecule has 1 saturated heterocycles. The third-order valence-electron chi connectivity index (χ3n) is 4.82. The Bertz CT molecular complexity index is 1010. The number of amides is 2. The predicted octanol–water partition coefficient (Wildman–Crippen LogP) is 0.670. The van der Waals surface area contributed by atoms with Gasteiger partial charge in [-0.25, -0.2) is 0 Å². The fourth-order valence-corrected chi connectivity index (χ4v) is 3.46. The Morgan fingerprint density at radius 2 is 2.31 bits per heavy atom. The van der Waals surface area contributed by atoms with Crippen molar-refractivity contribution in [2.45, 2.75) is 25.8 Å². The van der Waals surface area contributed by atoms with Gasteiger partial charge >= 0.3 is 0 Å². The van der Waals surface area contributed by atoms with Crippen molar-refractivity contribution in [3.8, 4) is 5.75 Å². The highest BCUT2D eigenvalue weighted by molar-refractivity contribution is 6.03. The summed E-state index contributed by atoms with van der Waals surface area (Å²) in [6.07, 6.45) is 1.43. The minimum atomic E-state index is -0.600. The molecular formula is C17H18N6O3. The van der Waals surface area contributed by atoms with Crippen LogP contribution in [0.15, 0.2) is 24.3 Å². The molecule has 0 radical (unpaired) electrons. The molecule has 2 atom stereocenters. The largest absolute Gasteiger partial charge is 0.489 e. The quantitative estimate of drug-likeness (QED) is 0.694. The molecule has 9 heteroatoms. The number of hydrogen-bond acceptors (Lipinski definition) is 6. The molecule has 2 aromatic heterocycles. The summed E-state index contributed by atoms with van der Waals surface area (Å²) in [5.74, 6) is 0.286. The maximum Gasteiger partial charge on any atom is 0.252 e. The summed E-state index contributed by atoms with van der Waals surface area (Å²) in [6, 6.07) is 7.09. The van der Waals surface area contributed by atoms with Gasteiger partial charge in [0.15, 0.2) is 5.65 Å². The zero-order chi connectivity index (χ0) is 18.3. The van der Waals surface area contributed by atoms with Crippen LogP contribution in [0.3, 0.4) is 0 Å². The first-order chi connectivity index (χ1) is 12.6. The smallest absolute Gasteiger partial charge is 0.252 e. The van der Waals surface area contributed by atoms with Crippen LogP contribution in [0.4, 0.5) is 0 Å². The monoisotopic (exact) mass is 354 g/mol. The Hall–Kier alpha value is -3.23. The number of para-hydroxylation sites is 1. The predicted molar refractivity (Wildman–Crippen MR) is 92.6 cm³/mol. The fourth-order valence-electron chi connectivity index (χ4n) is 3.46. The normalized spacial score (nSPS) is 19.8. The molecule has 2 unspecified atom stereocenters. The van der Waals surface area contributed by atoms with E-state index in [0.29, 0.717) is 24.3 Å². The van der Waals surface area contributed by atoms with Crippen molar-refractivity contribution in [2.75, 3.05) is 6.61 Å². The van der Waals surface area contributed by atoms with Crippen molar-refractivity contribution < 1.29 is 14.3 Å². The second kappa shape index (κ2) is 6.25. The average Bonchev–Trinajstić information content (AvgIpc) is 3.25. The SMILES string of the molecule is CCC1CC(=O)NC1COc1cccc2cc(C(N)=O)c3nnnn3c12. The number of carbonyl (C=O) groups excluding carboxylic acids is 2. The molecule has 3 aromatic rings. The van der Waals surface area contributed by atoms with Crippen molar-refractivity contribution in [1.82, 2.24) is 25.4 Å². The number of hydrogen-bond donors (Lipinski definition) is 2. The first kappa shape index (κ1) is 16.2. The van der Waals surface area contributed by atoms with Gasteiger partial charge in [0.2, 0.25) is 5.91 Å². The number of pyridine rings is 1. The second-order valence-corrected chi connectivity index (χ2v) is 6.39. The van der Waals surface area contributed by atoms with Crippen molar-refractivity contribution in [2.24, 2.45) is 11.7 Å². The summed E-state index contributed by atoms with van der Waals surface area (Å²) < 4.78 is 7.47. The van der Waals surface area contributed by atoms with Gasteiger partial charge in [0, 0.05) is 11.8 Å². The molecule has 3 N–H and O–H groups in total. The maximum absolute atomic E-state index is 11.7. The summed E-state index contributed by atoms with van der Waals surface area (Å²) in [7, 11) is 0. The van der Waals surface area contributed by atoms with Crippen LogP contribution in [0.5, 0.6) is 5.75 Å². The second-order valence-electron chi connectivity index (χ2n) is 6.39. The number of primary amides is 1. The zero-order valence-electron chi connectivity index (χ0n) is 14.2. The summed E-state index contributed by atoms with van der Waals surface area (Å²) >= 11 is 0. The van der Waals surface area contributed by atoms with Crippen molar-refractivity contribution in [3.05, 3.63) is 29.8 Å². The Morgan fingerprint density at radius 3 is 3.08 bits per heavy atom. The van der Waals surface area contributed by atoms with E-state index in [-0.39, 0.29) is 29.1 Å². The summed E-state index contributed by atoms with van der Waals surface area (Å²) in [4.78, 5) is 23.3. The van der Waals surface area contributed by atoms with Gasteiger partial charge in [0.1, 0.15) is 17.9 Å². The Labute approximate surface area is 148 Å². The van der Waals surface area contributed by atoms with E-state index in [2.05, 4.69) is 27.8 Å². The minimum absolute atomic E-state index is 0.0305. The van der Waals surface area contributed by atoms with Gasteiger partial charge in [-0.05, 0) is 28.5 Å². The molecule has 0 spiro atoms. The van der Waals surface area contributed by atoms with Crippen LogP contribution in [0.1, 0.15) is 30.1 Å². The van der Waals surface area contributed by atoms with Crippen LogP contribution in [0, 0.1) is 5.92 Å². The van der Waals surface area contributed by atoms with Crippen molar-refractivity contribution >= 4 is 28.4 Å². The van der Waals surface area contributed by atoms with E-state index in [4.69, 9.17) is 10.5 Å². The van der Waals surface area contributed by atoms with Gasteiger partial charge in [-0.2, -0.15) is 4.52 Å². The van der Waals surface area contributed by atoms with Crippen LogP contribution in [-0.2, 0) is 4.79 Å². The van der Waals surface area contributed by atoms with Crippen LogP contribution >= 0.6 is 0 Å². The van der Waals surface area contributed by atoms with E-state index in [0.717, 1.165) is 11.8 Å². The topological polar surface area (TPSA) is 124 Å². The van der Waals surface area contributed by atoms with E-state index in [1.165, 1.54) is 4.52 Å². The number of benzene rings is 1. The first-order valence-corrected chi connectivity index (χ1v) is 8.44. The van der Waals surface area contributed by atoms with Crippen molar-refractivity contribution in [3.63, 3.8) is 0 Å².